The predicted molar refractivity (Wildman–Crippen MR) is 48.5 cm³/mol. The highest BCUT2D eigenvalue weighted by atomic mass is 16.5. The lowest BCUT2D eigenvalue weighted by molar-refractivity contribution is 0.0968. The molecule has 2 rings (SSSR count). The van der Waals surface area contributed by atoms with E-state index >= 15 is 0 Å². The fourth-order valence-electron chi connectivity index (χ4n) is 1.52. The SMILES string of the molecule is CC(N)C(O)c1onc2c1COCC2. The van der Waals surface area contributed by atoms with Crippen LogP contribution in [0.25, 0.3) is 0 Å². The Bertz CT molecular complexity index is 322. The van der Waals surface area contributed by atoms with E-state index in [2.05, 4.69) is 5.16 Å². The van der Waals surface area contributed by atoms with E-state index in [1.807, 2.05) is 0 Å². The Morgan fingerprint density at radius 2 is 2.36 bits per heavy atom. The summed E-state index contributed by atoms with van der Waals surface area (Å²) >= 11 is 0. The standard InChI is InChI=1S/C9H14N2O3/c1-5(10)8(12)9-6-4-13-3-2-7(6)11-14-9/h5,8,12H,2-4,10H2,1H3. The topological polar surface area (TPSA) is 81.5 Å². The lowest BCUT2D eigenvalue weighted by Gasteiger charge is -2.15. The van der Waals surface area contributed by atoms with Gasteiger partial charge in [-0.15, -0.1) is 0 Å². The highest BCUT2D eigenvalue weighted by molar-refractivity contribution is 5.26. The normalized spacial score (nSPS) is 20.2. The zero-order valence-electron chi connectivity index (χ0n) is 8.06. The smallest absolute Gasteiger partial charge is 0.172 e. The molecule has 78 valence electrons. The molecular weight excluding hydrogens is 184 g/mol. The average molecular weight is 198 g/mol. The fraction of sp³-hybridized carbons (Fsp3) is 0.667. The van der Waals surface area contributed by atoms with Crippen molar-refractivity contribution in [1.82, 2.24) is 5.16 Å². The van der Waals surface area contributed by atoms with Gasteiger partial charge in [0.15, 0.2) is 5.76 Å². The van der Waals surface area contributed by atoms with Gasteiger partial charge in [-0.3, -0.25) is 0 Å². The summed E-state index contributed by atoms with van der Waals surface area (Å²) in [6.07, 6.45) is -0.0576. The van der Waals surface area contributed by atoms with Crippen LogP contribution in [0.5, 0.6) is 0 Å². The molecule has 1 aliphatic heterocycles. The second kappa shape index (κ2) is 3.68. The second-order valence-electron chi connectivity index (χ2n) is 3.58. The van der Waals surface area contributed by atoms with Crippen LogP contribution in [0.4, 0.5) is 0 Å². The van der Waals surface area contributed by atoms with E-state index < -0.39 is 6.10 Å². The Hall–Kier alpha value is -0.910. The molecule has 1 aromatic rings. The number of aliphatic hydroxyl groups excluding tert-OH is 1. The average Bonchev–Trinajstić information content (AvgIpc) is 2.60. The molecule has 2 unspecified atom stereocenters. The molecule has 14 heavy (non-hydrogen) atoms. The molecule has 1 aromatic heterocycles. The van der Waals surface area contributed by atoms with Gasteiger partial charge in [0, 0.05) is 18.0 Å². The molecule has 0 saturated carbocycles. The van der Waals surface area contributed by atoms with Gasteiger partial charge in [0.25, 0.3) is 0 Å². The third-order valence-corrected chi connectivity index (χ3v) is 2.40. The number of ether oxygens (including phenoxy) is 1. The van der Waals surface area contributed by atoms with Crippen LogP contribution in [0.15, 0.2) is 4.52 Å². The van der Waals surface area contributed by atoms with E-state index in [1.54, 1.807) is 6.92 Å². The zero-order chi connectivity index (χ0) is 10.1. The fourth-order valence-corrected chi connectivity index (χ4v) is 1.52. The Morgan fingerprint density at radius 1 is 1.57 bits per heavy atom. The summed E-state index contributed by atoms with van der Waals surface area (Å²) < 4.78 is 10.4. The number of aromatic nitrogens is 1. The maximum absolute atomic E-state index is 9.73. The van der Waals surface area contributed by atoms with Crippen molar-refractivity contribution in [3.63, 3.8) is 0 Å². The largest absolute Gasteiger partial charge is 0.383 e. The van der Waals surface area contributed by atoms with Crippen molar-refractivity contribution in [3.8, 4) is 0 Å². The minimum Gasteiger partial charge on any atom is -0.383 e. The van der Waals surface area contributed by atoms with E-state index in [0.717, 1.165) is 17.7 Å². The molecule has 0 fully saturated rings. The summed E-state index contributed by atoms with van der Waals surface area (Å²) in [5, 5.41) is 13.6. The van der Waals surface area contributed by atoms with Crippen LogP contribution in [-0.2, 0) is 17.8 Å². The zero-order valence-corrected chi connectivity index (χ0v) is 8.06. The maximum Gasteiger partial charge on any atom is 0.172 e. The quantitative estimate of drug-likeness (QED) is 0.705. The van der Waals surface area contributed by atoms with E-state index in [4.69, 9.17) is 15.0 Å². The van der Waals surface area contributed by atoms with Crippen molar-refractivity contribution in [3.05, 3.63) is 17.0 Å². The molecule has 0 spiro atoms. The Labute approximate surface area is 81.8 Å². The molecule has 0 amide bonds. The van der Waals surface area contributed by atoms with Gasteiger partial charge in [0.05, 0.1) is 18.9 Å². The van der Waals surface area contributed by atoms with E-state index in [0.29, 0.717) is 19.0 Å². The molecule has 0 bridgehead atoms. The summed E-state index contributed by atoms with van der Waals surface area (Å²) in [5.74, 6) is 0.453. The Balaban J connectivity index is 2.30. The number of nitrogens with two attached hydrogens (primary N) is 1. The minimum absolute atomic E-state index is 0.367. The van der Waals surface area contributed by atoms with Crippen molar-refractivity contribution in [2.24, 2.45) is 5.73 Å². The number of rotatable bonds is 2. The monoisotopic (exact) mass is 198 g/mol. The first-order valence-electron chi connectivity index (χ1n) is 4.69. The summed E-state index contributed by atoms with van der Waals surface area (Å²) in [5.41, 5.74) is 7.32. The third kappa shape index (κ3) is 1.54. The van der Waals surface area contributed by atoms with Crippen LogP contribution < -0.4 is 5.73 Å². The summed E-state index contributed by atoms with van der Waals surface area (Å²) in [4.78, 5) is 0. The van der Waals surface area contributed by atoms with Crippen LogP contribution >= 0.6 is 0 Å². The molecule has 0 saturated heterocycles. The molecule has 5 heteroatoms. The van der Waals surface area contributed by atoms with Crippen molar-refractivity contribution in [1.29, 1.82) is 0 Å². The summed E-state index contributed by atoms with van der Waals surface area (Å²) in [6, 6.07) is -0.367. The number of hydrogen-bond acceptors (Lipinski definition) is 5. The number of hydrogen-bond donors (Lipinski definition) is 2. The van der Waals surface area contributed by atoms with Gasteiger partial charge >= 0.3 is 0 Å². The summed E-state index contributed by atoms with van der Waals surface area (Å²) in [7, 11) is 0. The van der Waals surface area contributed by atoms with Gasteiger partial charge in [0.2, 0.25) is 0 Å². The van der Waals surface area contributed by atoms with Crippen LogP contribution in [-0.4, -0.2) is 22.9 Å². The van der Waals surface area contributed by atoms with Crippen LogP contribution in [0, 0.1) is 0 Å². The van der Waals surface area contributed by atoms with E-state index in [1.165, 1.54) is 0 Å². The number of aliphatic hydroxyl groups is 1. The molecule has 5 nitrogen and oxygen atoms in total. The van der Waals surface area contributed by atoms with Crippen molar-refractivity contribution in [2.45, 2.75) is 32.1 Å². The highest BCUT2D eigenvalue weighted by Gasteiger charge is 2.26. The van der Waals surface area contributed by atoms with Crippen molar-refractivity contribution >= 4 is 0 Å². The van der Waals surface area contributed by atoms with Gasteiger partial charge in [-0.05, 0) is 6.92 Å². The molecule has 0 radical (unpaired) electrons. The molecule has 2 atom stereocenters. The van der Waals surface area contributed by atoms with Gasteiger partial charge < -0.3 is 20.1 Å². The van der Waals surface area contributed by atoms with Crippen LogP contribution in [0.2, 0.25) is 0 Å². The van der Waals surface area contributed by atoms with Gasteiger partial charge in [-0.2, -0.15) is 0 Å². The molecule has 1 aliphatic rings. The van der Waals surface area contributed by atoms with Crippen molar-refractivity contribution in [2.75, 3.05) is 6.61 Å². The van der Waals surface area contributed by atoms with Gasteiger partial charge in [-0.1, -0.05) is 5.16 Å². The maximum atomic E-state index is 9.73. The minimum atomic E-state index is -0.798. The molecule has 0 aliphatic carbocycles. The molecule has 2 heterocycles. The summed E-state index contributed by atoms with van der Waals surface area (Å²) in [6.45, 7) is 2.84. The van der Waals surface area contributed by atoms with Gasteiger partial charge in [0.1, 0.15) is 6.10 Å². The van der Waals surface area contributed by atoms with Gasteiger partial charge in [-0.25, -0.2) is 0 Å². The van der Waals surface area contributed by atoms with Crippen LogP contribution in [0.1, 0.15) is 30.0 Å². The highest BCUT2D eigenvalue weighted by Crippen LogP contribution is 2.26. The molecule has 3 N–H and O–H groups in total. The first kappa shape index (κ1) is 9.64. The first-order valence-corrected chi connectivity index (χ1v) is 4.69. The number of nitrogens with zero attached hydrogens (tertiary/aromatic N) is 1. The number of fused-ring (bicyclic) bond motifs is 1. The molecular formula is C9H14N2O3. The third-order valence-electron chi connectivity index (χ3n) is 2.40. The second-order valence-corrected chi connectivity index (χ2v) is 3.58. The lowest BCUT2D eigenvalue weighted by atomic mass is 10.0. The Kier molecular flexibility index (Phi) is 2.54. The first-order chi connectivity index (χ1) is 6.70. The van der Waals surface area contributed by atoms with Crippen LogP contribution in [0.3, 0.4) is 0 Å². The van der Waals surface area contributed by atoms with E-state index in [-0.39, 0.29) is 6.04 Å². The molecule has 0 aromatic carbocycles. The Morgan fingerprint density at radius 3 is 3.07 bits per heavy atom. The van der Waals surface area contributed by atoms with E-state index in [9.17, 15) is 5.11 Å². The lowest BCUT2D eigenvalue weighted by Crippen LogP contribution is -2.25. The predicted octanol–water partition coefficient (Wildman–Crippen LogP) is 0.128. The van der Waals surface area contributed by atoms with Crippen molar-refractivity contribution < 1.29 is 14.4 Å².